The normalized spacial score (nSPS) is 9.91. The van der Waals surface area contributed by atoms with Gasteiger partial charge in [-0.05, 0) is 32.3 Å². The SMILES string of the molecule is C=C(C)C(=O)OCCNC(=O)NCCCc1cccc(C)c1. The molecule has 1 aromatic carbocycles. The molecule has 0 bridgehead atoms. The Morgan fingerprint density at radius 1 is 1.23 bits per heavy atom. The second kappa shape index (κ2) is 9.60. The van der Waals surface area contributed by atoms with Crippen LogP contribution in [0, 0.1) is 6.92 Å². The molecule has 2 N–H and O–H groups in total. The largest absolute Gasteiger partial charge is 0.460 e. The van der Waals surface area contributed by atoms with Crippen molar-refractivity contribution in [3.63, 3.8) is 0 Å². The van der Waals surface area contributed by atoms with Gasteiger partial charge in [-0.1, -0.05) is 36.4 Å². The maximum atomic E-state index is 11.5. The Hall–Kier alpha value is -2.30. The van der Waals surface area contributed by atoms with Crippen LogP contribution in [0.3, 0.4) is 0 Å². The minimum atomic E-state index is -0.444. The number of ether oxygens (including phenoxy) is 1. The third kappa shape index (κ3) is 7.47. The van der Waals surface area contributed by atoms with E-state index in [9.17, 15) is 9.59 Å². The summed E-state index contributed by atoms with van der Waals surface area (Å²) in [6.45, 7) is 8.14. The van der Waals surface area contributed by atoms with Crippen LogP contribution < -0.4 is 10.6 Å². The first-order valence-electron chi connectivity index (χ1n) is 7.39. The molecular formula is C17H24N2O3. The molecule has 0 saturated carbocycles. The van der Waals surface area contributed by atoms with Gasteiger partial charge in [-0.3, -0.25) is 0 Å². The molecule has 1 rings (SSSR count). The summed E-state index contributed by atoms with van der Waals surface area (Å²) in [5.74, 6) is -0.444. The van der Waals surface area contributed by atoms with Crippen molar-refractivity contribution in [3.05, 3.63) is 47.5 Å². The molecule has 0 aliphatic carbocycles. The number of urea groups is 1. The number of nitrogens with one attached hydrogen (secondary N) is 2. The van der Waals surface area contributed by atoms with Gasteiger partial charge in [0.05, 0.1) is 6.54 Å². The molecule has 0 spiro atoms. The summed E-state index contributed by atoms with van der Waals surface area (Å²) in [4.78, 5) is 22.6. The van der Waals surface area contributed by atoms with Gasteiger partial charge >= 0.3 is 12.0 Å². The molecule has 120 valence electrons. The van der Waals surface area contributed by atoms with Gasteiger partial charge in [-0.2, -0.15) is 0 Å². The van der Waals surface area contributed by atoms with Crippen molar-refractivity contribution >= 4 is 12.0 Å². The third-order valence-electron chi connectivity index (χ3n) is 2.98. The van der Waals surface area contributed by atoms with E-state index >= 15 is 0 Å². The van der Waals surface area contributed by atoms with E-state index in [0.29, 0.717) is 12.1 Å². The van der Waals surface area contributed by atoms with Crippen molar-refractivity contribution < 1.29 is 14.3 Å². The molecule has 0 heterocycles. The van der Waals surface area contributed by atoms with E-state index in [2.05, 4.69) is 42.3 Å². The molecule has 2 amide bonds. The van der Waals surface area contributed by atoms with E-state index in [1.807, 2.05) is 6.07 Å². The molecule has 0 aromatic heterocycles. The Labute approximate surface area is 131 Å². The third-order valence-corrected chi connectivity index (χ3v) is 2.98. The fourth-order valence-electron chi connectivity index (χ4n) is 1.86. The van der Waals surface area contributed by atoms with Crippen LogP contribution in [0.2, 0.25) is 0 Å². The standard InChI is InChI=1S/C17H24N2O3/c1-13(2)16(20)22-11-10-19-17(21)18-9-5-8-15-7-4-6-14(3)12-15/h4,6-7,12H,1,5,8-11H2,2-3H3,(H2,18,19,21). The van der Waals surface area contributed by atoms with Crippen molar-refractivity contribution in [3.8, 4) is 0 Å². The minimum Gasteiger partial charge on any atom is -0.460 e. The fraction of sp³-hybridized carbons (Fsp3) is 0.412. The van der Waals surface area contributed by atoms with Gasteiger partial charge in [-0.25, -0.2) is 9.59 Å². The summed E-state index contributed by atoms with van der Waals surface area (Å²) in [7, 11) is 0. The smallest absolute Gasteiger partial charge is 0.333 e. The number of benzene rings is 1. The van der Waals surface area contributed by atoms with Crippen LogP contribution in [0.4, 0.5) is 4.79 Å². The summed E-state index contributed by atoms with van der Waals surface area (Å²) in [5, 5.41) is 5.40. The minimum absolute atomic E-state index is 0.141. The Morgan fingerprint density at radius 3 is 2.64 bits per heavy atom. The predicted octanol–water partition coefficient (Wildman–Crippen LogP) is 2.35. The molecule has 0 aliphatic heterocycles. The summed E-state index contributed by atoms with van der Waals surface area (Å²) < 4.78 is 4.87. The van der Waals surface area contributed by atoms with Crippen LogP contribution in [-0.2, 0) is 16.0 Å². The molecule has 5 heteroatoms. The zero-order valence-electron chi connectivity index (χ0n) is 13.3. The van der Waals surface area contributed by atoms with Crippen LogP contribution in [0.5, 0.6) is 0 Å². The monoisotopic (exact) mass is 304 g/mol. The van der Waals surface area contributed by atoms with Crippen LogP contribution in [0.1, 0.15) is 24.5 Å². The Balaban J connectivity index is 2.06. The molecule has 0 atom stereocenters. The lowest BCUT2D eigenvalue weighted by atomic mass is 10.1. The van der Waals surface area contributed by atoms with Gasteiger partial charge in [0.25, 0.3) is 0 Å². The van der Waals surface area contributed by atoms with Gasteiger partial charge in [-0.15, -0.1) is 0 Å². The number of carbonyl (C=O) groups excluding carboxylic acids is 2. The Bertz CT molecular complexity index is 526. The average Bonchev–Trinajstić information content (AvgIpc) is 2.48. The van der Waals surface area contributed by atoms with Crippen molar-refractivity contribution in [2.45, 2.75) is 26.7 Å². The topological polar surface area (TPSA) is 67.4 Å². The molecule has 5 nitrogen and oxygen atoms in total. The number of aryl methyl sites for hydroxylation is 2. The lowest BCUT2D eigenvalue weighted by Gasteiger charge is -2.08. The van der Waals surface area contributed by atoms with E-state index in [0.717, 1.165) is 12.8 Å². The number of amides is 2. The number of hydrogen-bond acceptors (Lipinski definition) is 3. The average molecular weight is 304 g/mol. The summed E-state index contributed by atoms with van der Waals surface area (Å²) in [5.41, 5.74) is 2.86. The second-order valence-electron chi connectivity index (χ2n) is 5.19. The van der Waals surface area contributed by atoms with E-state index in [1.165, 1.54) is 11.1 Å². The highest BCUT2D eigenvalue weighted by Gasteiger charge is 2.03. The predicted molar refractivity (Wildman–Crippen MR) is 86.7 cm³/mol. The first-order valence-corrected chi connectivity index (χ1v) is 7.39. The molecule has 0 unspecified atom stereocenters. The molecule has 0 aliphatic rings. The number of hydrogen-bond donors (Lipinski definition) is 2. The Morgan fingerprint density at radius 2 is 1.95 bits per heavy atom. The van der Waals surface area contributed by atoms with E-state index in [4.69, 9.17) is 4.74 Å². The molecule has 0 saturated heterocycles. The fourth-order valence-corrected chi connectivity index (χ4v) is 1.86. The lowest BCUT2D eigenvalue weighted by molar-refractivity contribution is -0.138. The molecule has 0 fully saturated rings. The van der Waals surface area contributed by atoms with Gasteiger partial charge in [0.1, 0.15) is 6.61 Å². The summed E-state index contributed by atoms with van der Waals surface area (Å²) in [6.07, 6.45) is 1.81. The van der Waals surface area contributed by atoms with Crippen LogP contribution in [0.15, 0.2) is 36.4 Å². The number of carbonyl (C=O) groups is 2. The highest BCUT2D eigenvalue weighted by molar-refractivity contribution is 5.86. The lowest BCUT2D eigenvalue weighted by Crippen LogP contribution is -2.38. The summed E-state index contributed by atoms with van der Waals surface area (Å²) in [6, 6.07) is 8.09. The van der Waals surface area contributed by atoms with Gasteiger partial charge in [0.15, 0.2) is 0 Å². The summed E-state index contributed by atoms with van der Waals surface area (Å²) >= 11 is 0. The van der Waals surface area contributed by atoms with E-state index in [1.54, 1.807) is 6.92 Å². The number of rotatable bonds is 8. The molecule has 1 aromatic rings. The van der Waals surface area contributed by atoms with Crippen molar-refractivity contribution in [2.75, 3.05) is 19.7 Å². The maximum Gasteiger partial charge on any atom is 0.333 e. The quantitative estimate of drug-likeness (QED) is 0.440. The number of esters is 1. The highest BCUT2D eigenvalue weighted by Crippen LogP contribution is 2.05. The van der Waals surface area contributed by atoms with Crippen molar-refractivity contribution in [1.82, 2.24) is 10.6 Å². The zero-order valence-corrected chi connectivity index (χ0v) is 13.3. The van der Waals surface area contributed by atoms with E-state index in [-0.39, 0.29) is 19.2 Å². The van der Waals surface area contributed by atoms with Crippen molar-refractivity contribution in [2.24, 2.45) is 0 Å². The van der Waals surface area contributed by atoms with Crippen LogP contribution >= 0.6 is 0 Å². The Kier molecular flexibility index (Phi) is 7.75. The first-order chi connectivity index (χ1) is 10.5. The zero-order chi connectivity index (χ0) is 16.4. The van der Waals surface area contributed by atoms with Gasteiger partial charge < -0.3 is 15.4 Å². The van der Waals surface area contributed by atoms with Crippen LogP contribution in [-0.4, -0.2) is 31.7 Å². The molecule has 0 radical (unpaired) electrons. The van der Waals surface area contributed by atoms with Crippen LogP contribution in [0.25, 0.3) is 0 Å². The van der Waals surface area contributed by atoms with Gasteiger partial charge in [0, 0.05) is 12.1 Å². The molecular weight excluding hydrogens is 280 g/mol. The second-order valence-corrected chi connectivity index (χ2v) is 5.19. The van der Waals surface area contributed by atoms with E-state index < -0.39 is 5.97 Å². The maximum absolute atomic E-state index is 11.5. The highest BCUT2D eigenvalue weighted by atomic mass is 16.5. The van der Waals surface area contributed by atoms with Crippen molar-refractivity contribution in [1.29, 1.82) is 0 Å². The first kappa shape index (κ1) is 17.8. The molecule has 22 heavy (non-hydrogen) atoms. The van der Waals surface area contributed by atoms with Gasteiger partial charge in [0.2, 0.25) is 0 Å².